The second-order valence-corrected chi connectivity index (χ2v) is 7.25. The van der Waals surface area contributed by atoms with Gasteiger partial charge in [-0.05, 0) is 62.0 Å². The van der Waals surface area contributed by atoms with Crippen LogP contribution in [0.1, 0.15) is 37.0 Å². The van der Waals surface area contributed by atoms with Gasteiger partial charge in [0.25, 0.3) is 5.91 Å². The van der Waals surface area contributed by atoms with E-state index in [1.165, 1.54) is 0 Å². The van der Waals surface area contributed by atoms with Crippen molar-refractivity contribution in [1.82, 2.24) is 10.2 Å². The van der Waals surface area contributed by atoms with E-state index in [1.54, 1.807) is 0 Å². The molecule has 2 heterocycles. The first-order valence-corrected chi connectivity index (χ1v) is 8.95. The standard InChI is InChI=1S/C19H27N3O2.ClH/c1-13-7-9-22(10-8-13)19(24)15-3-5-17(6-4-15)21-18(23)14(2)16-11-20-12-16;/h3-6,13-14,16,20H,7-12H2,1-2H3,(H,21,23);1H. The fourth-order valence-corrected chi connectivity index (χ4v) is 3.23. The Balaban J connectivity index is 0.00000225. The number of carbonyl (C=O) groups is 2. The Bertz CT molecular complexity index is 593. The number of nitrogens with zero attached hydrogens (tertiary/aromatic N) is 1. The second kappa shape index (κ2) is 8.68. The van der Waals surface area contributed by atoms with Gasteiger partial charge in [-0.25, -0.2) is 0 Å². The van der Waals surface area contributed by atoms with Gasteiger partial charge in [0.2, 0.25) is 5.91 Å². The van der Waals surface area contributed by atoms with E-state index in [0.717, 1.165) is 44.7 Å². The average Bonchev–Trinajstić information content (AvgIpc) is 2.54. The van der Waals surface area contributed by atoms with Crippen LogP contribution in [0.2, 0.25) is 0 Å². The molecule has 2 N–H and O–H groups in total. The zero-order valence-corrected chi connectivity index (χ0v) is 15.8. The number of hydrogen-bond acceptors (Lipinski definition) is 3. The molecule has 0 saturated carbocycles. The Labute approximate surface area is 155 Å². The third-order valence-corrected chi connectivity index (χ3v) is 5.40. The molecule has 2 saturated heterocycles. The van der Waals surface area contributed by atoms with Crippen molar-refractivity contribution in [2.24, 2.45) is 17.8 Å². The van der Waals surface area contributed by atoms with Gasteiger partial charge in [0.1, 0.15) is 0 Å². The molecule has 6 heteroatoms. The number of halogens is 1. The fourth-order valence-electron chi connectivity index (χ4n) is 3.23. The Kier molecular flexibility index (Phi) is 6.85. The maximum absolute atomic E-state index is 12.5. The van der Waals surface area contributed by atoms with E-state index < -0.39 is 0 Å². The van der Waals surface area contributed by atoms with Crippen LogP contribution in [0.15, 0.2) is 24.3 Å². The lowest BCUT2D eigenvalue weighted by atomic mass is 9.88. The van der Waals surface area contributed by atoms with Crippen molar-refractivity contribution in [1.29, 1.82) is 0 Å². The highest BCUT2D eigenvalue weighted by Crippen LogP contribution is 2.21. The highest BCUT2D eigenvalue weighted by atomic mass is 35.5. The van der Waals surface area contributed by atoms with Gasteiger partial charge < -0.3 is 15.5 Å². The quantitative estimate of drug-likeness (QED) is 0.862. The molecule has 0 spiro atoms. The van der Waals surface area contributed by atoms with Crippen LogP contribution in [0.5, 0.6) is 0 Å². The summed E-state index contributed by atoms with van der Waals surface area (Å²) in [5.41, 5.74) is 1.45. The van der Waals surface area contributed by atoms with E-state index in [4.69, 9.17) is 0 Å². The van der Waals surface area contributed by atoms with Crippen molar-refractivity contribution in [2.75, 3.05) is 31.5 Å². The van der Waals surface area contributed by atoms with Gasteiger partial charge in [-0.1, -0.05) is 13.8 Å². The molecular formula is C19H28ClN3O2. The van der Waals surface area contributed by atoms with Gasteiger partial charge in [0.05, 0.1) is 0 Å². The van der Waals surface area contributed by atoms with Crippen LogP contribution in [-0.4, -0.2) is 42.9 Å². The summed E-state index contributed by atoms with van der Waals surface area (Å²) in [5.74, 6) is 1.27. The van der Waals surface area contributed by atoms with Gasteiger partial charge in [-0.15, -0.1) is 12.4 Å². The highest BCUT2D eigenvalue weighted by molar-refractivity contribution is 5.96. The molecule has 138 valence electrons. The molecule has 2 aliphatic rings. The Morgan fingerprint density at radius 2 is 1.76 bits per heavy atom. The SMILES string of the molecule is CC1CCN(C(=O)c2ccc(NC(=O)C(C)C3CNC3)cc2)CC1.Cl. The number of benzene rings is 1. The molecule has 0 aromatic heterocycles. The minimum Gasteiger partial charge on any atom is -0.339 e. The highest BCUT2D eigenvalue weighted by Gasteiger charge is 2.28. The van der Waals surface area contributed by atoms with Gasteiger partial charge in [-0.3, -0.25) is 9.59 Å². The van der Waals surface area contributed by atoms with Crippen LogP contribution in [0, 0.1) is 17.8 Å². The molecule has 0 bridgehead atoms. The maximum Gasteiger partial charge on any atom is 0.253 e. The van der Waals surface area contributed by atoms with Crippen LogP contribution >= 0.6 is 12.4 Å². The van der Waals surface area contributed by atoms with Crippen LogP contribution in [0.25, 0.3) is 0 Å². The molecule has 2 amide bonds. The zero-order chi connectivity index (χ0) is 17.1. The van der Waals surface area contributed by atoms with Crippen molar-refractivity contribution in [3.63, 3.8) is 0 Å². The maximum atomic E-state index is 12.5. The van der Waals surface area contributed by atoms with Gasteiger partial charge >= 0.3 is 0 Å². The lowest BCUT2D eigenvalue weighted by molar-refractivity contribution is -0.121. The Morgan fingerprint density at radius 1 is 1.16 bits per heavy atom. The molecular weight excluding hydrogens is 338 g/mol. The van der Waals surface area contributed by atoms with E-state index in [2.05, 4.69) is 17.6 Å². The molecule has 2 aliphatic heterocycles. The lowest BCUT2D eigenvalue weighted by Gasteiger charge is -2.31. The first kappa shape index (κ1) is 19.7. The first-order valence-electron chi connectivity index (χ1n) is 8.95. The summed E-state index contributed by atoms with van der Waals surface area (Å²) in [6, 6.07) is 7.27. The molecule has 1 unspecified atom stereocenters. The number of piperidine rings is 1. The molecule has 3 rings (SSSR count). The Hall–Kier alpha value is -1.59. The minimum atomic E-state index is 0. The van der Waals surface area contributed by atoms with E-state index in [-0.39, 0.29) is 30.1 Å². The van der Waals surface area contributed by atoms with Gasteiger partial charge in [0, 0.05) is 30.3 Å². The van der Waals surface area contributed by atoms with Crippen molar-refractivity contribution in [3.05, 3.63) is 29.8 Å². The molecule has 5 nitrogen and oxygen atoms in total. The molecule has 1 atom stereocenters. The van der Waals surface area contributed by atoms with Crippen molar-refractivity contribution in [2.45, 2.75) is 26.7 Å². The van der Waals surface area contributed by atoms with Crippen LogP contribution in [-0.2, 0) is 4.79 Å². The average molecular weight is 366 g/mol. The minimum absolute atomic E-state index is 0. The van der Waals surface area contributed by atoms with E-state index in [0.29, 0.717) is 17.4 Å². The fraction of sp³-hybridized carbons (Fsp3) is 0.579. The normalized spacial score (nSPS) is 19.5. The second-order valence-electron chi connectivity index (χ2n) is 7.25. The van der Waals surface area contributed by atoms with Gasteiger partial charge in [-0.2, -0.15) is 0 Å². The predicted molar refractivity (Wildman–Crippen MR) is 102 cm³/mol. The number of hydrogen-bond donors (Lipinski definition) is 2. The van der Waals surface area contributed by atoms with Crippen LogP contribution < -0.4 is 10.6 Å². The largest absolute Gasteiger partial charge is 0.339 e. The lowest BCUT2D eigenvalue weighted by Crippen LogP contribution is -2.48. The summed E-state index contributed by atoms with van der Waals surface area (Å²) < 4.78 is 0. The molecule has 2 fully saturated rings. The number of carbonyl (C=O) groups excluding carboxylic acids is 2. The molecule has 0 aliphatic carbocycles. The molecule has 0 radical (unpaired) electrons. The Morgan fingerprint density at radius 3 is 2.28 bits per heavy atom. The molecule has 25 heavy (non-hydrogen) atoms. The molecule has 1 aromatic carbocycles. The third-order valence-electron chi connectivity index (χ3n) is 5.40. The monoisotopic (exact) mass is 365 g/mol. The van der Waals surface area contributed by atoms with Crippen molar-refractivity contribution >= 4 is 29.9 Å². The third kappa shape index (κ3) is 4.73. The topological polar surface area (TPSA) is 61.4 Å². The van der Waals surface area contributed by atoms with Crippen molar-refractivity contribution < 1.29 is 9.59 Å². The summed E-state index contributed by atoms with van der Waals surface area (Å²) in [4.78, 5) is 26.7. The zero-order valence-electron chi connectivity index (χ0n) is 15.0. The number of likely N-dealkylation sites (tertiary alicyclic amines) is 1. The van der Waals surface area contributed by atoms with E-state index >= 15 is 0 Å². The molecule has 1 aromatic rings. The smallest absolute Gasteiger partial charge is 0.253 e. The first-order chi connectivity index (χ1) is 11.5. The van der Waals surface area contributed by atoms with E-state index in [1.807, 2.05) is 36.1 Å². The number of nitrogens with one attached hydrogen (secondary N) is 2. The van der Waals surface area contributed by atoms with Gasteiger partial charge in [0.15, 0.2) is 0 Å². The number of rotatable bonds is 4. The summed E-state index contributed by atoms with van der Waals surface area (Å²) in [6.07, 6.45) is 2.15. The summed E-state index contributed by atoms with van der Waals surface area (Å²) in [7, 11) is 0. The van der Waals surface area contributed by atoms with E-state index in [9.17, 15) is 9.59 Å². The van der Waals surface area contributed by atoms with Crippen LogP contribution in [0.4, 0.5) is 5.69 Å². The summed E-state index contributed by atoms with van der Waals surface area (Å²) in [5, 5.41) is 6.14. The number of anilines is 1. The van der Waals surface area contributed by atoms with Crippen LogP contribution in [0.3, 0.4) is 0 Å². The summed E-state index contributed by atoms with van der Waals surface area (Å²) in [6.45, 7) is 7.71. The van der Waals surface area contributed by atoms with Crippen molar-refractivity contribution in [3.8, 4) is 0 Å². The predicted octanol–water partition coefficient (Wildman–Crippen LogP) is 2.77. The summed E-state index contributed by atoms with van der Waals surface area (Å²) >= 11 is 0. The number of amides is 2.